The van der Waals surface area contributed by atoms with E-state index in [1.165, 1.54) is 12.1 Å². The van der Waals surface area contributed by atoms with Gasteiger partial charge in [0.15, 0.2) is 5.78 Å². The summed E-state index contributed by atoms with van der Waals surface area (Å²) >= 11 is 0. The molecule has 3 rings (SSSR count). The van der Waals surface area contributed by atoms with Gasteiger partial charge in [0.1, 0.15) is 0 Å². The van der Waals surface area contributed by atoms with Gasteiger partial charge in [0, 0.05) is 23.2 Å². The van der Waals surface area contributed by atoms with Crippen LogP contribution in [0.5, 0.6) is 0 Å². The van der Waals surface area contributed by atoms with Gasteiger partial charge in [-0.2, -0.15) is 0 Å². The van der Waals surface area contributed by atoms with Crippen molar-refractivity contribution in [1.82, 2.24) is 4.90 Å². The molecule has 0 radical (unpaired) electrons. The smallest absolute Gasteiger partial charge is 0.335 e. The number of carbonyl (C=O) groups is 4. The molecular formula is C31H42N4O5. The highest BCUT2D eigenvalue weighted by Crippen LogP contribution is 2.44. The highest BCUT2D eigenvalue weighted by Gasteiger charge is 2.43. The average Bonchev–Trinajstić information content (AvgIpc) is 2.92. The minimum absolute atomic E-state index is 0.0204. The lowest BCUT2D eigenvalue weighted by Crippen LogP contribution is -2.46. The van der Waals surface area contributed by atoms with Gasteiger partial charge in [-0.05, 0) is 108 Å². The second-order valence-corrected chi connectivity index (χ2v) is 11.3. The Balaban J connectivity index is 2.16. The van der Waals surface area contributed by atoms with E-state index in [9.17, 15) is 24.3 Å². The van der Waals surface area contributed by atoms with E-state index in [0.29, 0.717) is 42.6 Å². The molecule has 1 fully saturated rings. The molecule has 1 aliphatic carbocycles. The first-order chi connectivity index (χ1) is 18.9. The molecule has 2 amide bonds. The molecule has 0 spiro atoms. The molecule has 1 aliphatic rings. The van der Waals surface area contributed by atoms with E-state index >= 15 is 0 Å². The second kappa shape index (κ2) is 13.2. The summed E-state index contributed by atoms with van der Waals surface area (Å²) in [6, 6.07) is 12.8. The zero-order valence-electron chi connectivity index (χ0n) is 24.0. The maximum Gasteiger partial charge on any atom is 0.335 e. The van der Waals surface area contributed by atoms with Gasteiger partial charge in [-0.1, -0.05) is 18.2 Å². The first-order valence-electron chi connectivity index (χ1n) is 13.8. The first kappa shape index (κ1) is 31.0. The largest absolute Gasteiger partial charge is 0.478 e. The van der Waals surface area contributed by atoms with E-state index < -0.39 is 11.9 Å². The predicted molar refractivity (Wildman–Crippen MR) is 155 cm³/mol. The summed E-state index contributed by atoms with van der Waals surface area (Å²) in [5.74, 6) is -3.06. The summed E-state index contributed by atoms with van der Waals surface area (Å²) in [5.41, 5.74) is 13.8. The molecule has 1 saturated carbocycles. The summed E-state index contributed by atoms with van der Waals surface area (Å²) in [6.07, 6.45) is 1.71. The molecule has 0 aromatic heterocycles. The van der Waals surface area contributed by atoms with Crippen molar-refractivity contribution in [3.05, 3.63) is 65.2 Å². The highest BCUT2D eigenvalue weighted by molar-refractivity contribution is 6.02. The first-order valence-corrected chi connectivity index (χ1v) is 13.8. The summed E-state index contributed by atoms with van der Waals surface area (Å²) < 4.78 is 0. The summed E-state index contributed by atoms with van der Waals surface area (Å²) in [4.78, 5) is 55.1. The standard InChI is InChI=1S/C31H42N4O5/c1-18(2)35(25-13-11-20(12-14-25)31(39)40)30(38)27(26-16-23(29(33)37)9-10-24(26)17-32)21-7-6-8-22(15-21)28(36)19(3)34(4)5/h6-8,11-15,18-19,23-24,26-27H,9-10,16-17,32H2,1-5H3,(H2,33,37)(H,39,40)/t19?,23-,24-,26?,27?/m1/s1. The summed E-state index contributed by atoms with van der Waals surface area (Å²) in [7, 11) is 3.68. The zero-order chi connectivity index (χ0) is 29.7. The molecule has 5 N–H and O–H groups in total. The third-order valence-corrected chi connectivity index (χ3v) is 8.28. The lowest BCUT2D eigenvalue weighted by atomic mass is 9.66. The predicted octanol–water partition coefficient (Wildman–Crippen LogP) is 3.52. The number of ketones is 1. The van der Waals surface area contributed by atoms with E-state index in [-0.39, 0.29) is 53.0 Å². The monoisotopic (exact) mass is 550 g/mol. The molecule has 5 atom stereocenters. The number of likely N-dealkylation sites (N-methyl/N-ethyl adjacent to an activating group) is 1. The minimum Gasteiger partial charge on any atom is -0.478 e. The lowest BCUT2D eigenvalue weighted by Gasteiger charge is -2.41. The number of nitrogens with two attached hydrogens (primary N) is 2. The number of carbonyl (C=O) groups excluding carboxylic acids is 3. The molecule has 0 heterocycles. The van der Waals surface area contributed by atoms with Gasteiger partial charge in [0.25, 0.3) is 0 Å². The maximum absolute atomic E-state index is 14.6. The molecule has 40 heavy (non-hydrogen) atoms. The van der Waals surface area contributed by atoms with Gasteiger partial charge in [-0.25, -0.2) is 4.79 Å². The Morgan fingerprint density at radius 3 is 2.15 bits per heavy atom. The lowest BCUT2D eigenvalue weighted by molar-refractivity contribution is -0.127. The molecule has 0 aliphatic heterocycles. The molecule has 9 nitrogen and oxygen atoms in total. The van der Waals surface area contributed by atoms with E-state index in [1.807, 2.05) is 45.8 Å². The summed E-state index contributed by atoms with van der Waals surface area (Å²) in [5, 5.41) is 9.35. The van der Waals surface area contributed by atoms with Crippen LogP contribution in [0, 0.1) is 17.8 Å². The van der Waals surface area contributed by atoms with Crippen LogP contribution in [0.25, 0.3) is 0 Å². The van der Waals surface area contributed by atoms with Crippen molar-refractivity contribution in [3.8, 4) is 0 Å². The molecular weight excluding hydrogens is 508 g/mol. The Labute approximate surface area is 236 Å². The number of carboxylic acid groups (broad SMARTS) is 1. The van der Waals surface area contributed by atoms with Crippen LogP contribution in [-0.2, 0) is 9.59 Å². The Hall–Kier alpha value is -3.56. The molecule has 9 heteroatoms. The number of hydrogen-bond donors (Lipinski definition) is 3. The van der Waals surface area contributed by atoms with Crippen LogP contribution in [0.1, 0.15) is 72.2 Å². The number of amides is 2. The fourth-order valence-electron chi connectivity index (χ4n) is 5.76. The number of primary amides is 1. The number of nitrogens with zero attached hydrogens (tertiary/aromatic N) is 2. The number of carboxylic acids is 1. The normalized spacial score (nSPS) is 20.6. The maximum atomic E-state index is 14.6. The van der Waals surface area contributed by atoms with Crippen molar-refractivity contribution in [2.24, 2.45) is 29.2 Å². The van der Waals surface area contributed by atoms with Crippen molar-refractivity contribution in [3.63, 3.8) is 0 Å². The quantitative estimate of drug-likeness (QED) is 0.363. The van der Waals surface area contributed by atoms with Crippen LogP contribution in [0.3, 0.4) is 0 Å². The van der Waals surface area contributed by atoms with Gasteiger partial charge in [0.2, 0.25) is 11.8 Å². The topological polar surface area (TPSA) is 147 Å². The molecule has 2 aromatic carbocycles. The number of benzene rings is 2. The Kier molecular flexibility index (Phi) is 10.2. The fraction of sp³-hybridized carbons (Fsp3) is 0.484. The van der Waals surface area contributed by atoms with Crippen molar-refractivity contribution in [1.29, 1.82) is 0 Å². The van der Waals surface area contributed by atoms with Gasteiger partial charge >= 0.3 is 5.97 Å². The zero-order valence-corrected chi connectivity index (χ0v) is 24.0. The van der Waals surface area contributed by atoms with Crippen LogP contribution in [-0.4, -0.2) is 66.3 Å². The third kappa shape index (κ3) is 6.77. The number of anilines is 1. The molecule has 0 saturated heterocycles. The average molecular weight is 551 g/mol. The summed E-state index contributed by atoms with van der Waals surface area (Å²) in [6.45, 7) is 5.98. The number of rotatable bonds is 11. The van der Waals surface area contributed by atoms with Crippen LogP contribution in [0.15, 0.2) is 48.5 Å². The van der Waals surface area contributed by atoms with Crippen molar-refractivity contribution in [2.75, 3.05) is 25.5 Å². The van der Waals surface area contributed by atoms with Crippen LogP contribution < -0.4 is 16.4 Å². The Bertz CT molecular complexity index is 1230. The number of Topliss-reactive ketones (excluding diaryl/α,β-unsaturated/α-hetero) is 1. The van der Waals surface area contributed by atoms with Crippen LogP contribution >= 0.6 is 0 Å². The Morgan fingerprint density at radius 1 is 0.975 bits per heavy atom. The van der Waals surface area contributed by atoms with Crippen molar-refractivity contribution in [2.45, 2.75) is 58.0 Å². The Morgan fingerprint density at radius 2 is 1.62 bits per heavy atom. The van der Waals surface area contributed by atoms with Gasteiger partial charge < -0.3 is 21.5 Å². The molecule has 3 unspecified atom stereocenters. The van der Waals surface area contributed by atoms with E-state index in [1.54, 1.807) is 35.2 Å². The van der Waals surface area contributed by atoms with Crippen molar-refractivity contribution < 1.29 is 24.3 Å². The van der Waals surface area contributed by atoms with E-state index in [4.69, 9.17) is 11.5 Å². The number of aromatic carboxylic acids is 1. The third-order valence-electron chi connectivity index (χ3n) is 8.28. The fourth-order valence-corrected chi connectivity index (χ4v) is 5.76. The SMILES string of the molecule is CC(C(=O)c1cccc(C(C(=O)N(c2ccc(C(=O)O)cc2)C(C)C)C2C[C@H](C(N)=O)CC[C@@H]2CN)c1)N(C)C. The van der Waals surface area contributed by atoms with E-state index in [2.05, 4.69) is 0 Å². The van der Waals surface area contributed by atoms with Crippen LogP contribution in [0.4, 0.5) is 5.69 Å². The van der Waals surface area contributed by atoms with Gasteiger partial charge in [0.05, 0.1) is 17.5 Å². The highest BCUT2D eigenvalue weighted by atomic mass is 16.4. The number of hydrogen-bond acceptors (Lipinski definition) is 6. The van der Waals surface area contributed by atoms with E-state index in [0.717, 1.165) is 0 Å². The molecule has 216 valence electrons. The second-order valence-electron chi connectivity index (χ2n) is 11.3. The minimum atomic E-state index is -1.05. The van der Waals surface area contributed by atoms with Crippen molar-refractivity contribution >= 4 is 29.3 Å². The molecule has 0 bridgehead atoms. The van der Waals surface area contributed by atoms with Gasteiger partial charge in [-0.3, -0.25) is 19.3 Å². The molecule has 2 aromatic rings. The van der Waals surface area contributed by atoms with Crippen LogP contribution in [0.2, 0.25) is 0 Å². The van der Waals surface area contributed by atoms with Gasteiger partial charge in [-0.15, -0.1) is 0 Å².